The third-order valence-electron chi connectivity index (χ3n) is 5.51. The highest BCUT2D eigenvalue weighted by atomic mass is 79.9. The number of allylic oxidation sites excluding steroid dienone is 1. The molecule has 7 heteroatoms. The molecule has 1 aromatic rings. The van der Waals surface area contributed by atoms with Crippen molar-refractivity contribution in [3.05, 3.63) is 27.7 Å². The maximum absolute atomic E-state index is 13.3. The number of hydrogen-bond acceptors (Lipinski definition) is 4. The Morgan fingerprint density at radius 3 is 2.21 bits per heavy atom. The van der Waals surface area contributed by atoms with E-state index >= 15 is 0 Å². The van der Waals surface area contributed by atoms with E-state index < -0.39 is 12.1 Å². The molecule has 0 bridgehead atoms. The third kappa shape index (κ3) is 2.01. The van der Waals surface area contributed by atoms with Crippen molar-refractivity contribution in [1.29, 1.82) is 0 Å². The summed E-state index contributed by atoms with van der Waals surface area (Å²) in [5.74, 6) is -0.283. The van der Waals surface area contributed by atoms with E-state index in [0.29, 0.717) is 13.2 Å². The second-order valence-corrected chi connectivity index (χ2v) is 7.59. The van der Waals surface area contributed by atoms with Crippen LogP contribution >= 0.6 is 15.9 Å². The van der Waals surface area contributed by atoms with Crippen LogP contribution in [-0.4, -0.2) is 25.3 Å². The van der Waals surface area contributed by atoms with E-state index in [0.717, 1.165) is 41.3 Å². The Morgan fingerprint density at radius 1 is 0.917 bits per heavy atom. The molecule has 1 aromatic carbocycles. The standard InChI is InChI=1S/C17H15BrF2O4/c18-14-8-10-7-12-13(24-17(19,20)23-12)9-11(10)15(14)1-3-16(4-2-15)21-5-6-22-16/h7-9H,1-6H2. The molecular formula is C17H15BrF2O4. The maximum atomic E-state index is 13.3. The summed E-state index contributed by atoms with van der Waals surface area (Å²) in [6, 6.07) is 3.33. The third-order valence-corrected chi connectivity index (χ3v) is 6.50. The van der Waals surface area contributed by atoms with Crippen LogP contribution in [0.4, 0.5) is 8.78 Å². The van der Waals surface area contributed by atoms with Gasteiger partial charge < -0.3 is 18.9 Å². The van der Waals surface area contributed by atoms with Crippen molar-refractivity contribution in [1.82, 2.24) is 0 Å². The zero-order valence-corrected chi connectivity index (χ0v) is 14.3. The van der Waals surface area contributed by atoms with Crippen molar-refractivity contribution in [3.8, 4) is 11.5 Å². The summed E-state index contributed by atoms with van der Waals surface area (Å²) in [6.45, 7) is 1.27. The highest BCUT2D eigenvalue weighted by Crippen LogP contribution is 2.58. The Hall–Kier alpha value is -1.18. The average molecular weight is 401 g/mol. The average Bonchev–Trinajstić information content (AvgIpc) is 3.16. The molecule has 2 spiro atoms. The number of alkyl halides is 2. The van der Waals surface area contributed by atoms with E-state index in [1.54, 1.807) is 12.1 Å². The fourth-order valence-corrected chi connectivity index (χ4v) is 5.16. The first kappa shape index (κ1) is 15.1. The normalized spacial score (nSPS) is 27.5. The molecule has 24 heavy (non-hydrogen) atoms. The number of ether oxygens (including phenoxy) is 4. The van der Waals surface area contributed by atoms with Gasteiger partial charge in [0.1, 0.15) is 0 Å². The van der Waals surface area contributed by atoms with Gasteiger partial charge in [-0.05, 0) is 42.2 Å². The van der Waals surface area contributed by atoms with Gasteiger partial charge >= 0.3 is 6.29 Å². The minimum absolute atomic E-state index is 0.0853. The molecule has 0 unspecified atom stereocenters. The van der Waals surface area contributed by atoms with Gasteiger partial charge in [-0.25, -0.2) is 0 Å². The Balaban J connectivity index is 1.52. The quantitative estimate of drug-likeness (QED) is 0.649. The fraction of sp³-hybridized carbons (Fsp3) is 0.529. The minimum Gasteiger partial charge on any atom is -0.395 e. The molecule has 0 N–H and O–H groups in total. The van der Waals surface area contributed by atoms with Gasteiger partial charge in [0.2, 0.25) is 0 Å². The molecule has 2 aliphatic heterocycles. The lowest BCUT2D eigenvalue weighted by molar-refractivity contribution is -0.286. The lowest BCUT2D eigenvalue weighted by Crippen LogP contribution is -2.41. The fourth-order valence-electron chi connectivity index (χ4n) is 4.30. The molecule has 0 atom stereocenters. The summed E-state index contributed by atoms with van der Waals surface area (Å²) in [6.07, 6.45) is 1.61. The van der Waals surface area contributed by atoms with Crippen LogP contribution in [0.1, 0.15) is 36.8 Å². The van der Waals surface area contributed by atoms with Gasteiger partial charge in [0.25, 0.3) is 0 Å². The lowest BCUT2D eigenvalue weighted by Gasteiger charge is -2.42. The van der Waals surface area contributed by atoms with Crippen molar-refractivity contribution in [3.63, 3.8) is 0 Å². The molecule has 0 aromatic heterocycles. The van der Waals surface area contributed by atoms with Crippen molar-refractivity contribution >= 4 is 22.0 Å². The number of halogens is 3. The van der Waals surface area contributed by atoms with Crippen LogP contribution in [0.5, 0.6) is 11.5 Å². The van der Waals surface area contributed by atoms with Crippen LogP contribution in [0.2, 0.25) is 0 Å². The molecule has 2 heterocycles. The van der Waals surface area contributed by atoms with Crippen molar-refractivity contribution in [2.75, 3.05) is 13.2 Å². The summed E-state index contributed by atoms with van der Waals surface area (Å²) >= 11 is 3.70. The van der Waals surface area contributed by atoms with Gasteiger partial charge in [-0.15, -0.1) is 8.78 Å². The van der Waals surface area contributed by atoms with Gasteiger partial charge in [0.05, 0.1) is 13.2 Å². The monoisotopic (exact) mass is 400 g/mol. The first-order chi connectivity index (χ1) is 11.4. The molecule has 1 saturated heterocycles. The predicted molar refractivity (Wildman–Crippen MR) is 84.3 cm³/mol. The van der Waals surface area contributed by atoms with E-state index in [9.17, 15) is 8.78 Å². The zero-order valence-electron chi connectivity index (χ0n) is 12.7. The number of fused-ring (bicyclic) bond motifs is 3. The summed E-state index contributed by atoms with van der Waals surface area (Å²) in [7, 11) is 0. The Bertz CT molecular complexity index is 745. The highest BCUT2D eigenvalue weighted by Gasteiger charge is 2.52. The predicted octanol–water partition coefficient (Wildman–Crippen LogP) is 4.31. The molecule has 4 nitrogen and oxygen atoms in total. The molecule has 4 aliphatic rings. The minimum atomic E-state index is -3.59. The second-order valence-electron chi connectivity index (χ2n) is 6.74. The summed E-state index contributed by atoms with van der Waals surface area (Å²) < 4.78 is 48.5. The van der Waals surface area contributed by atoms with Crippen LogP contribution in [0.15, 0.2) is 16.6 Å². The summed E-state index contributed by atoms with van der Waals surface area (Å²) in [5.41, 5.74) is 1.67. The number of rotatable bonds is 0. The van der Waals surface area contributed by atoms with Crippen LogP contribution in [0.3, 0.4) is 0 Å². The van der Waals surface area contributed by atoms with Gasteiger partial charge in [0.15, 0.2) is 17.3 Å². The van der Waals surface area contributed by atoms with Crippen LogP contribution < -0.4 is 9.47 Å². The van der Waals surface area contributed by atoms with E-state index in [2.05, 4.69) is 25.4 Å². The van der Waals surface area contributed by atoms with Gasteiger partial charge in [0, 0.05) is 22.7 Å². The molecule has 128 valence electrons. The molecular weight excluding hydrogens is 386 g/mol. The van der Waals surface area contributed by atoms with Crippen LogP contribution in [0, 0.1) is 0 Å². The van der Waals surface area contributed by atoms with E-state index in [1.807, 2.05) is 6.08 Å². The summed E-state index contributed by atoms with van der Waals surface area (Å²) in [4.78, 5) is 0. The first-order valence-corrected chi connectivity index (χ1v) is 8.81. The molecule has 1 saturated carbocycles. The Labute approximate surface area is 145 Å². The van der Waals surface area contributed by atoms with Gasteiger partial charge in [-0.1, -0.05) is 15.9 Å². The van der Waals surface area contributed by atoms with E-state index in [1.165, 1.54) is 0 Å². The largest absolute Gasteiger partial charge is 0.586 e. The number of benzene rings is 1. The zero-order chi connectivity index (χ0) is 16.6. The SMILES string of the molecule is FC1(F)Oc2cc3c(cc2O1)C1(CCC2(CC1)OCCO2)C(Br)=C3. The molecule has 0 amide bonds. The van der Waals surface area contributed by atoms with Crippen molar-refractivity contribution in [2.24, 2.45) is 0 Å². The number of hydrogen-bond donors (Lipinski definition) is 0. The van der Waals surface area contributed by atoms with Gasteiger partial charge in [-0.2, -0.15) is 0 Å². The van der Waals surface area contributed by atoms with E-state index in [4.69, 9.17) is 9.47 Å². The van der Waals surface area contributed by atoms with E-state index in [-0.39, 0.29) is 16.9 Å². The van der Waals surface area contributed by atoms with Crippen LogP contribution in [-0.2, 0) is 14.9 Å². The van der Waals surface area contributed by atoms with Crippen LogP contribution in [0.25, 0.3) is 6.08 Å². The van der Waals surface area contributed by atoms with Crippen molar-refractivity contribution in [2.45, 2.75) is 43.2 Å². The molecule has 2 aliphatic carbocycles. The summed E-state index contributed by atoms with van der Waals surface area (Å²) in [5, 5.41) is 0. The maximum Gasteiger partial charge on any atom is 0.586 e. The molecule has 5 rings (SSSR count). The lowest BCUT2D eigenvalue weighted by atomic mass is 9.69. The second kappa shape index (κ2) is 4.71. The van der Waals surface area contributed by atoms with Gasteiger partial charge in [-0.3, -0.25) is 0 Å². The first-order valence-electron chi connectivity index (χ1n) is 8.02. The molecule has 2 fully saturated rings. The van der Waals surface area contributed by atoms with Crippen molar-refractivity contribution < 1.29 is 27.7 Å². The highest BCUT2D eigenvalue weighted by molar-refractivity contribution is 9.11. The Morgan fingerprint density at radius 2 is 1.54 bits per heavy atom. The topological polar surface area (TPSA) is 36.9 Å². The molecule has 0 radical (unpaired) electrons. The Kier molecular flexibility index (Phi) is 2.96. The smallest absolute Gasteiger partial charge is 0.395 e.